The Hall–Kier alpha value is -1.71. The second-order valence-corrected chi connectivity index (χ2v) is 5.15. The molecule has 20 heavy (non-hydrogen) atoms. The quantitative estimate of drug-likeness (QED) is 0.930. The van der Waals surface area contributed by atoms with Crippen LogP contribution < -0.4 is 10.1 Å². The van der Waals surface area contributed by atoms with Crippen LogP contribution >= 0.6 is 11.6 Å². The average Bonchev–Trinajstić information content (AvgIpc) is 2.49. The maximum Gasteiger partial charge on any atom is 0.161 e. The number of halogens is 1. The fourth-order valence-electron chi connectivity index (χ4n) is 2.18. The number of para-hydroxylation sites is 1. The Balaban J connectivity index is 1.54. The van der Waals surface area contributed by atoms with Crippen molar-refractivity contribution in [3.8, 4) is 5.75 Å². The van der Waals surface area contributed by atoms with Gasteiger partial charge in [-0.05, 0) is 17.7 Å². The molecule has 0 aliphatic carbocycles. The minimum absolute atomic E-state index is 0.0221. The Bertz CT molecular complexity index is 574. The highest BCUT2D eigenvalue weighted by molar-refractivity contribution is 6.32. The highest BCUT2D eigenvalue weighted by atomic mass is 35.5. The van der Waals surface area contributed by atoms with Crippen molar-refractivity contribution in [3.63, 3.8) is 0 Å². The van der Waals surface area contributed by atoms with Gasteiger partial charge < -0.3 is 14.8 Å². The number of hydrogen-bond donors (Lipinski definition) is 1. The molecule has 0 saturated carbocycles. The SMILES string of the molecule is Clc1cccc2c1OC(COCc1ccccc1)CN2. The predicted octanol–water partition coefficient (Wildman–Crippen LogP) is 3.73. The zero-order valence-corrected chi connectivity index (χ0v) is 11.8. The van der Waals surface area contributed by atoms with Crippen LogP contribution in [0.4, 0.5) is 5.69 Å². The van der Waals surface area contributed by atoms with E-state index in [-0.39, 0.29) is 6.10 Å². The molecular weight excluding hydrogens is 274 g/mol. The third-order valence-electron chi connectivity index (χ3n) is 3.19. The lowest BCUT2D eigenvalue weighted by atomic mass is 10.2. The van der Waals surface area contributed by atoms with E-state index in [0.717, 1.165) is 17.8 Å². The van der Waals surface area contributed by atoms with E-state index in [0.29, 0.717) is 24.0 Å². The van der Waals surface area contributed by atoms with E-state index in [2.05, 4.69) is 5.32 Å². The molecule has 1 N–H and O–H groups in total. The maximum atomic E-state index is 6.13. The molecule has 0 amide bonds. The van der Waals surface area contributed by atoms with Crippen LogP contribution in [0, 0.1) is 0 Å². The first kappa shape index (κ1) is 13.3. The third kappa shape index (κ3) is 3.06. The van der Waals surface area contributed by atoms with Crippen LogP contribution in [-0.2, 0) is 11.3 Å². The van der Waals surface area contributed by atoms with Crippen LogP contribution in [0.1, 0.15) is 5.56 Å². The van der Waals surface area contributed by atoms with Crippen molar-refractivity contribution in [2.45, 2.75) is 12.7 Å². The smallest absolute Gasteiger partial charge is 0.161 e. The van der Waals surface area contributed by atoms with Gasteiger partial charge in [0.2, 0.25) is 0 Å². The minimum Gasteiger partial charge on any atom is -0.482 e. The van der Waals surface area contributed by atoms with Crippen molar-refractivity contribution in [3.05, 3.63) is 59.1 Å². The van der Waals surface area contributed by atoms with Crippen molar-refractivity contribution in [2.24, 2.45) is 0 Å². The second kappa shape index (κ2) is 6.16. The van der Waals surface area contributed by atoms with Crippen LogP contribution in [0.5, 0.6) is 5.75 Å². The summed E-state index contributed by atoms with van der Waals surface area (Å²) in [5.41, 5.74) is 2.10. The van der Waals surface area contributed by atoms with Gasteiger partial charge in [0.05, 0.1) is 30.5 Å². The van der Waals surface area contributed by atoms with Crippen molar-refractivity contribution in [2.75, 3.05) is 18.5 Å². The molecule has 2 aromatic carbocycles. The molecular formula is C16H16ClNO2. The lowest BCUT2D eigenvalue weighted by Gasteiger charge is -2.27. The molecule has 1 aliphatic rings. The van der Waals surface area contributed by atoms with Crippen molar-refractivity contribution in [1.82, 2.24) is 0 Å². The topological polar surface area (TPSA) is 30.5 Å². The van der Waals surface area contributed by atoms with E-state index in [1.54, 1.807) is 0 Å². The van der Waals surface area contributed by atoms with E-state index in [4.69, 9.17) is 21.1 Å². The monoisotopic (exact) mass is 289 g/mol. The van der Waals surface area contributed by atoms with Crippen molar-refractivity contribution >= 4 is 17.3 Å². The number of benzene rings is 2. The Morgan fingerprint density at radius 1 is 1.15 bits per heavy atom. The summed E-state index contributed by atoms with van der Waals surface area (Å²) in [5.74, 6) is 0.716. The molecule has 2 aromatic rings. The van der Waals surface area contributed by atoms with Gasteiger partial charge in [0, 0.05) is 0 Å². The maximum absolute atomic E-state index is 6.13. The molecule has 1 atom stereocenters. The van der Waals surface area contributed by atoms with Gasteiger partial charge in [-0.25, -0.2) is 0 Å². The molecule has 0 saturated heterocycles. The molecule has 0 radical (unpaired) electrons. The summed E-state index contributed by atoms with van der Waals surface area (Å²) >= 11 is 6.13. The Morgan fingerprint density at radius 3 is 2.85 bits per heavy atom. The van der Waals surface area contributed by atoms with Crippen LogP contribution in [0.15, 0.2) is 48.5 Å². The molecule has 3 rings (SSSR count). The van der Waals surface area contributed by atoms with E-state index in [1.165, 1.54) is 0 Å². The normalized spacial score (nSPS) is 16.9. The van der Waals surface area contributed by atoms with Crippen molar-refractivity contribution < 1.29 is 9.47 Å². The summed E-state index contributed by atoms with van der Waals surface area (Å²) in [6, 6.07) is 15.8. The minimum atomic E-state index is -0.0221. The first-order valence-corrected chi connectivity index (χ1v) is 7.01. The zero-order valence-electron chi connectivity index (χ0n) is 11.0. The van der Waals surface area contributed by atoms with E-state index < -0.39 is 0 Å². The summed E-state index contributed by atoms with van der Waals surface area (Å²) in [6.07, 6.45) is -0.0221. The van der Waals surface area contributed by atoms with Crippen LogP contribution in [0.3, 0.4) is 0 Å². The molecule has 0 bridgehead atoms. The lowest BCUT2D eigenvalue weighted by molar-refractivity contribution is 0.0442. The summed E-state index contributed by atoms with van der Waals surface area (Å²) in [5, 5.41) is 3.94. The number of fused-ring (bicyclic) bond motifs is 1. The van der Waals surface area contributed by atoms with Gasteiger partial charge in [0.15, 0.2) is 5.75 Å². The lowest BCUT2D eigenvalue weighted by Crippen LogP contribution is -2.34. The van der Waals surface area contributed by atoms with E-state index >= 15 is 0 Å². The third-order valence-corrected chi connectivity index (χ3v) is 3.48. The fraction of sp³-hybridized carbons (Fsp3) is 0.250. The first-order chi connectivity index (χ1) is 9.83. The van der Waals surface area contributed by atoms with Gasteiger partial charge in [-0.2, -0.15) is 0 Å². The molecule has 104 valence electrons. The Labute approximate surface area is 123 Å². The zero-order chi connectivity index (χ0) is 13.8. The molecule has 0 aromatic heterocycles. The van der Waals surface area contributed by atoms with Gasteiger partial charge in [0.1, 0.15) is 6.10 Å². The Kier molecular flexibility index (Phi) is 4.09. The molecule has 1 heterocycles. The standard InChI is InChI=1S/C16H16ClNO2/c17-14-7-4-8-15-16(14)20-13(9-18-15)11-19-10-12-5-2-1-3-6-12/h1-8,13,18H,9-11H2. The number of rotatable bonds is 4. The van der Waals surface area contributed by atoms with Crippen LogP contribution in [-0.4, -0.2) is 19.3 Å². The molecule has 1 aliphatic heterocycles. The van der Waals surface area contributed by atoms with Gasteiger partial charge in [-0.15, -0.1) is 0 Å². The highest BCUT2D eigenvalue weighted by Crippen LogP contribution is 2.35. The molecule has 1 unspecified atom stereocenters. The average molecular weight is 290 g/mol. The highest BCUT2D eigenvalue weighted by Gasteiger charge is 2.21. The van der Waals surface area contributed by atoms with Gasteiger partial charge in [-0.3, -0.25) is 0 Å². The molecule has 0 fully saturated rings. The number of anilines is 1. The summed E-state index contributed by atoms with van der Waals surface area (Å²) in [6.45, 7) is 1.85. The van der Waals surface area contributed by atoms with E-state index in [1.807, 2.05) is 48.5 Å². The summed E-state index contributed by atoms with van der Waals surface area (Å²) in [4.78, 5) is 0. The van der Waals surface area contributed by atoms with Gasteiger partial charge in [0.25, 0.3) is 0 Å². The largest absolute Gasteiger partial charge is 0.482 e. The number of ether oxygens (including phenoxy) is 2. The Morgan fingerprint density at radius 2 is 2.00 bits per heavy atom. The van der Waals surface area contributed by atoms with Gasteiger partial charge >= 0.3 is 0 Å². The molecule has 0 spiro atoms. The first-order valence-electron chi connectivity index (χ1n) is 6.63. The molecule has 4 heteroatoms. The van der Waals surface area contributed by atoms with E-state index in [9.17, 15) is 0 Å². The van der Waals surface area contributed by atoms with Crippen LogP contribution in [0.2, 0.25) is 5.02 Å². The predicted molar refractivity (Wildman–Crippen MR) is 80.5 cm³/mol. The van der Waals surface area contributed by atoms with Crippen LogP contribution in [0.25, 0.3) is 0 Å². The fourth-order valence-corrected chi connectivity index (χ4v) is 2.39. The molecule has 3 nitrogen and oxygen atoms in total. The van der Waals surface area contributed by atoms with Crippen molar-refractivity contribution in [1.29, 1.82) is 0 Å². The number of hydrogen-bond acceptors (Lipinski definition) is 3. The summed E-state index contributed by atoms with van der Waals surface area (Å²) < 4.78 is 11.6. The summed E-state index contributed by atoms with van der Waals surface area (Å²) in [7, 11) is 0. The van der Waals surface area contributed by atoms with Gasteiger partial charge in [-0.1, -0.05) is 48.0 Å². The second-order valence-electron chi connectivity index (χ2n) is 4.74. The number of nitrogens with one attached hydrogen (secondary N) is 1.